The predicted molar refractivity (Wildman–Crippen MR) is 98.5 cm³/mol. The van der Waals surface area contributed by atoms with Crippen molar-refractivity contribution in [1.82, 2.24) is 4.90 Å². The normalized spacial score (nSPS) is 18.4. The van der Waals surface area contributed by atoms with Crippen molar-refractivity contribution in [3.63, 3.8) is 0 Å². The van der Waals surface area contributed by atoms with Crippen molar-refractivity contribution in [1.29, 1.82) is 0 Å². The van der Waals surface area contributed by atoms with Gasteiger partial charge in [0.2, 0.25) is 0 Å². The minimum absolute atomic E-state index is 0.0499. The van der Waals surface area contributed by atoms with Gasteiger partial charge in [-0.3, -0.25) is 14.9 Å². The summed E-state index contributed by atoms with van der Waals surface area (Å²) in [7, 11) is 0. The zero-order valence-corrected chi connectivity index (χ0v) is 15.1. The van der Waals surface area contributed by atoms with Crippen LogP contribution in [0.1, 0.15) is 34.8 Å². The number of halogens is 1. The first-order valence-corrected chi connectivity index (χ1v) is 9.07. The number of nitro groups is 1. The van der Waals surface area contributed by atoms with E-state index in [0.717, 1.165) is 18.4 Å². The van der Waals surface area contributed by atoms with Crippen molar-refractivity contribution in [2.45, 2.75) is 18.9 Å². The third-order valence-corrected chi connectivity index (χ3v) is 5.09. The highest BCUT2D eigenvalue weighted by Crippen LogP contribution is 2.39. The molecule has 4 rings (SSSR count). The zero-order chi connectivity index (χ0) is 19.0. The van der Waals surface area contributed by atoms with Crippen LogP contribution in [-0.4, -0.2) is 35.5 Å². The maximum absolute atomic E-state index is 13.1. The van der Waals surface area contributed by atoms with Crippen LogP contribution in [0.2, 0.25) is 5.02 Å². The van der Waals surface area contributed by atoms with Gasteiger partial charge in [-0.05, 0) is 42.7 Å². The number of likely N-dealkylation sites (tertiary alicyclic amines) is 1. The van der Waals surface area contributed by atoms with E-state index >= 15 is 0 Å². The molecule has 7 nitrogen and oxygen atoms in total. The molecule has 1 fully saturated rings. The van der Waals surface area contributed by atoms with E-state index in [2.05, 4.69) is 0 Å². The van der Waals surface area contributed by atoms with E-state index in [-0.39, 0.29) is 28.2 Å². The van der Waals surface area contributed by atoms with Gasteiger partial charge in [-0.2, -0.15) is 0 Å². The maximum Gasteiger partial charge on any atom is 0.283 e. The number of rotatable bonds is 3. The molecular weight excluding hydrogens is 372 g/mol. The fourth-order valence-corrected chi connectivity index (χ4v) is 3.78. The Bertz CT molecular complexity index is 917. The Balaban J connectivity index is 1.66. The number of carbonyl (C=O) groups excluding carboxylic acids is 1. The van der Waals surface area contributed by atoms with Crippen molar-refractivity contribution >= 4 is 23.2 Å². The Morgan fingerprint density at radius 2 is 1.93 bits per heavy atom. The summed E-state index contributed by atoms with van der Waals surface area (Å²) in [6, 6.07) is 9.61. The number of amides is 1. The number of hydrogen-bond acceptors (Lipinski definition) is 5. The van der Waals surface area contributed by atoms with Crippen molar-refractivity contribution in [2.75, 3.05) is 19.8 Å². The van der Waals surface area contributed by atoms with Crippen LogP contribution in [0.5, 0.6) is 11.5 Å². The third-order valence-electron chi connectivity index (χ3n) is 4.85. The number of ether oxygens (including phenoxy) is 2. The number of fused-ring (bicyclic) bond motifs is 1. The first-order valence-electron chi connectivity index (χ1n) is 8.69. The molecule has 1 atom stereocenters. The van der Waals surface area contributed by atoms with Crippen molar-refractivity contribution in [3.8, 4) is 11.5 Å². The summed E-state index contributed by atoms with van der Waals surface area (Å²) in [5.74, 6) is 0.987. The van der Waals surface area contributed by atoms with Gasteiger partial charge in [-0.1, -0.05) is 17.7 Å². The number of nitrogens with zero attached hydrogens (tertiary/aromatic N) is 2. The van der Waals surface area contributed by atoms with Crippen LogP contribution >= 0.6 is 11.6 Å². The molecule has 1 saturated heterocycles. The second kappa shape index (κ2) is 7.08. The summed E-state index contributed by atoms with van der Waals surface area (Å²) >= 11 is 5.86. The highest BCUT2D eigenvalue weighted by atomic mass is 35.5. The van der Waals surface area contributed by atoms with Gasteiger partial charge in [-0.15, -0.1) is 0 Å². The van der Waals surface area contributed by atoms with Crippen LogP contribution in [0, 0.1) is 10.1 Å². The lowest BCUT2D eigenvalue weighted by Crippen LogP contribution is -2.31. The van der Waals surface area contributed by atoms with Crippen molar-refractivity contribution in [2.24, 2.45) is 0 Å². The lowest BCUT2D eigenvalue weighted by molar-refractivity contribution is -0.385. The monoisotopic (exact) mass is 388 g/mol. The summed E-state index contributed by atoms with van der Waals surface area (Å²) < 4.78 is 11.2. The van der Waals surface area contributed by atoms with E-state index in [1.807, 2.05) is 18.2 Å². The molecule has 2 aromatic rings. The molecule has 0 aromatic heterocycles. The second-order valence-corrected chi connectivity index (χ2v) is 6.91. The molecule has 2 aliphatic rings. The standard InChI is InChI=1S/C19H17ClN2O5/c20-13-4-5-14(16(11-13)22(24)25)19(23)21-7-1-2-15(21)12-3-6-17-18(10-12)27-9-8-26-17/h3-6,10-11,15H,1-2,7-9H2/t15-/m1/s1. The highest BCUT2D eigenvalue weighted by molar-refractivity contribution is 6.31. The van der Waals surface area contributed by atoms with Crippen molar-refractivity contribution < 1.29 is 19.2 Å². The highest BCUT2D eigenvalue weighted by Gasteiger charge is 2.34. The summed E-state index contributed by atoms with van der Waals surface area (Å²) in [5.41, 5.74) is 0.705. The first-order chi connectivity index (χ1) is 13.0. The molecular formula is C19H17ClN2O5. The maximum atomic E-state index is 13.1. The number of hydrogen-bond donors (Lipinski definition) is 0. The first kappa shape index (κ1) is 17.6. The minimum atomic E-state index is -0.575. The van der Waals surface area contributed by atoms with Crippen LogP contribution in [0.3, 0.4) is 0 Å². The van der Waals surface area contributed by atoms with Gasteiger partial charge in [0.15, 0.2) is 11.5 Å². The smallest absolute Gasteiger partial charge is 0.283 e. The molecule has 27 heavy (non-hydrogen) atoms. The van der Waals surface area contributed by atoms with Gasteiger partial charge < -0.3 is 14.4 Å². The van der Waals surface area contributed by atoms with E-state index in [4.69, 9.17) is 21.1 Å². The Morgan fingerprint density at radius 3 is 2.70 bits per heavy atom. The number of nitro benzene ring substituents is 1. The van der Waals surface area contributed by atoms with E-state index in [1.165, 1.54) is 18.2 Å². The molecule has 0 radical (unpaired) electrons. The van der Waals surface area contributed by atoms with Gasteiger partial charge in [0, 0.05) is 17.6 Å². The minimum Gasteiger partial charge on any atom is -0.486 e. The van der Waals surface area contributed by atoms with E-state index in [9.17, 15) is 14.9 Å². The molecule has 140 valence electrons. The zero-order valence-electron chi connectivity index (χ0n) is 14.4. The Morgan fingerprint density at radius 1 is 1.15 bits per heavy atom. The Hall–Kier alpha value is -2.80. The summed E-state index contributed by atoms with van der Waals surface area (Å²) in [6.07, 6.45) is 1.61. The average Bonchev–Trinajstić information content (AvgIpc) is 3.16. The molecule has 0 aliphatic carbocycles. The summed E-state index contributed by atoms with van der Waals surface area (Å²) in [5, 5.41) is 11.6. The van der Waals surface area contributed by atoms with E-state index in [1.54, 1.807) is 4.90 Å². The van der Waals surface area contributed by atoms with Gasteiger partial charge in [-0.25, -0.2) is 0 Å². The second-order valence-electron chi connectivity index (χ2n) is 6.48. The summed E-state index contributed by atoms with van der Waals surface area (Å²) in [4.78, 5) is 25.5. The summed E-state index contributed by atoms with van der Waals surface area (Å²) in [6.45, 7) is 1.54. The molecule has 2 aromatic carbocycles. The van der Waals surface area contributed by atoms with Gasteiger partial charge in [0.05, 0.1) is 11.0 Å². The van der Waals surface area contributed by atoms with E-state index in [0.29, 0.717) is 31.3 Å². The number of carbonyl (C=O) groups is 1. The van der Waals surface area contributed by atoms with Crippen LogP contribution in [0.15, 0.2) is 36.4 Å². The van der Waals surface area contributed by atoms with Gasteiger partial charge >= 0.3 is 0 Å². The fourth-order valence-electron chi connectivity index (χ4n) is 3.61. The molecule has 0 N–H and O–H groups in total. The molecule has 0 spiro atoms. The SMILES string of the molecule is O=C(c1ccc(Cl)cc1[N+](=O)[O-])N1CCC[C@@H]1c1ccc2c(c1)OCCO2. The lowest BCUT2D eigenvalue weighted by atomic mass is 10.0. The molecule has 0 unspecified atom stereocenters. The van der Waals surface area contributed by atoms with Gasteiger partial charge in [0.1, 0.15) is 18.8 Å². The average molecular weight is 389 g/mol. The quantitative estimate of drug-likeness (QED) is 0.586. The van der Waals surface area contributed by atoms with Crippen LogP contribution in [0.25, 0.3) is 0 Å². The van der Waals surface area contributed by atoms with Crippen LogP contribution < -0.4 is 9.47 Å². The molecule has 2 heterocycles. The van der Waals surface area contributed by atoms with Crippen LogP contribution in [0.4, 0.5) is 5.69 Å². The topological polar surface area (TPSA) is 81.9 Å². The molecule has 2 aliphatic heterocycles. The molecule has 0 bridgehead atoms. The predicted octanol–water partition coefficient (Wildman–Crippen LogP) is 4.00. The Kier molecular flexibility index (Phi) is 4.61. The number of benzene rings is 2. The van der Waals surface area contributed by atoms with Crippen molar-refractivity contribution in [3.05, 3.63) is 62.7 Å². The fraction of sp³-hybridized carbons (Fsp3) is 0.316. The van der Waals surface area contributed by atoms with Gasteiger partial charge in [0.25, 0.3) is 11.6 Å². The largest absolute Gasteiger partial charge is 0.486 e. The van der Waals surface area contributed by atoms with Crippen LogP contribution in [-0.2, 0) is 0 Å². The van der Waals surface area contributed by atoms with E-state index < -0.39 is 4.92 Å². The lowest BCUT2D eigenvalue weighted by Gasteiger charge is -2.26. The molecule has 1 amide bonds. The molecule has 0 saturated carbocycles. The third kappa shape index (κ3) is 3.30. The molecule has 8 heteroatoms. The Labute approximate surface area is 160 Å².